The fourth-order valence-electron chi connectivity index (χ4n) is 3.92. The SMILES string of the molecule is CCCCC1(CCCC)NC(=N)N(CCCNC(=O)c2ccc3c(c2)OCO3)C1=O. The molecule has 30 heavy (non-hydrogen) atoms. The van der Waals surface area contributed by atoms with Gasteiger partial charge in [0.05, 0.1) is 0 Å². The average Bonchev–Trinajstić information content (AvgIpc) is 3.31. The van der Waals surface area contributed by atoms with Crippen molar-refractivity contribution in [2.45, 2.75) is 64.3 Å². The molecule has 3 N–H and O–H groups in total. The Morgan fingerprint density at radius 3 is 2.57 bits per heavy atom. The van der Waals surface area contributed by atoms with Crippen LogP contribution in [-0.4, -0.2) is 48.1 Å². The Labute approximate surface area is 177 Å². The number of fused-ring (bicyclic) bond motifs is 1. The number of nitrogens with one attached hydrogen (secondary N) is 3. The highest BCUT2D eigenvalue weighted by Crippen LogP contribution is 2.32. The van der Waals surface area contributed by atoms with Gasteiger partial charge in [-0.15, -0.1) is 0 Å². The monoisotopic (exact) mass is 416 g/mol. The van der Waals surface area contributed by atoms with E-state index in [4.69, 9.17) is 14.9 Å². The van der Waals surface area contributed by atoms with E-state index in [2.05, 4.69) is 24.5 Å². The van der Waals surface area contributed by atoms with E-state index < -0.39 is 5.54 Å². The zero-order valence-electron chi connectivity index (χ0n) is 17.9. The van der Waals surface area contributed by atoms with Crippen molar-refractivity contribution in [2.24, 2.45) is 0 Å². The maximum absolute atomic E-state index is 13.1. The third kappa shape index (κ3) is 4.68. The molecular weight excluding hydrogens is 384 g/mol. The third-order valence-corrected chi connectivity index (χ3v) is 5.68. The summed E-state index contributed by atoms with van der Waals surface area (Å²) in [6, 6.07) is 5.08. The van der Waals surface area contributed by atoms with Gasteiger partial charge in [0.2, 0.25) is 6.79 Å². The highest BCUT2D eigenvalue weighted by atomic mass is 16.7. The Morgan fingerprint density at radius 1 is 1.17 bits per heavy atom. The third-order valence-electron chi connectivity index (χ3n) is 5.68. The van der Waals surface area contributed by atoms with E-state index in [9.17, 15) is 9.59 Å². The summed E-state index contributed by atoms with van der Waals surface area (Å²) in [4.78, 5) is 27.0. The lowest BCUT2D eigenvalue weighted by Crippen LogP contribution is -2.47. The first-order chi connectivity index (χ1) is 14.5. The maximum Gasteiger partial charge on any atom is 0.255 e. The highest BCUT2D eigenvalue weighted by Gasteiger charge is 2.47. The van der Waals surface area contributed by atoms with Crippen molar-refractivity contribution in [3.05, 3.63) is 23.8 Å². The van der Waals surface area contributed by atoms with Gasteiger partial charge in [-0.05, 0) is 37.5 Å². The number of hydrogen-bond acceptors (Lipinski definition) is 5. The molecule has 2 heterocycles. The molecule has 1 fully saturated rings. The molecule has 0 radical (unpaired) electrons. The Morgan fingerprint density at radius 2 is 1.87 bits per heavy atom. The minimum Gasteiger partial charge on any atom is -0.454 e. The fourth-order valence-corrected chi connectivity index (χ4v) is 3.92. The van der Waals surface area contributed by atoms with Gasteiger partial charge in [0, 0.05) is 18.7 Å². The van der Waals surface area contributed by atoms with Gasteiger partial charge in [-0.2, -0.15) is 0 Å². The van der Waals surface area contributed by atoms with Gasteiger partial charge in [-0.3, -0.25) is 19.9 Å². The number of benzene rings is 1. The summed E-state index contributed by atoms with van der Waals surface area (Å²) in [7, 11) is 0. The van der Waals surface area contributed by atoms with Crippen molar-refractivity contribution in [1.29, 1.82) is 5.41 Å². The molecule has 8 nitrogen and oxygen atoms in total. The number of unbranched alkanes of at least 4 members (excludes halogenated alkanes) is 2. The van der Waals surface area contributed by atoms with E-state index in [1.165, 1.54) is 4.90 Å². The van der Waals surface area contributed by atoms with Gasteiger partial charge < -0.3 is 20.1 Å². The minimum absolute atomic E-state index is 0.00324. The van der Waals surface area contributed by atoms with Crippen molar-refractivity contribution in [1.82, 2.24) is 15.5 Å². The van der Waals surface area contributed by atoms with Crippen LogP contribution in [-0.2, 0) is 4.79 Å². The molecular formula is C22H32N4O4. The number of rotatable bonds is 11. The Kier molecular flexibility index (Phi) is 7.18. The number of hydrogen-bond donors (Lipinski definition) is 3. The molecule has 0 atom stereocenters. The van der Waals surface area contributed by atoms with Crippen LogP contribution >= 0.6 is 0 Å². The van der Waals surface area contributed by atoms with Crippen molar-refractivity contribution in [3.8, 4) is 11.5 Å². The van der Waals surface area contributed by atoms with E-state index in [-0.39, 0.29) is 24.6 Å². The second kappa shape index (κ2) is 9.82. The summed E-state index contributed by atoms with van der Waals surface area (Å²) in [5, 5.41) is 14.3. The standard InChI is InChI=1S/C22H32N4O4/c1-3-5-10-22(11-6-4-2)20(28)26(21(23)25-22)13-7-12-24-19(27)16-8-9-17-18(14-16)30-15-29-17/h8-9,14H,3-7,10-13,15H2,1-2H3,(H2,23,25)(H,24,27). The van der Waals surface area contributed by atoms with Crippen LogP contribution in [0.1, 0.15) is 69.2 Å². The molecule has 1 saturated heterocycles. The molecule has 0 bridgehead atoms. The molecule has 0 unspecified atom stereocenters. The van der Waals surface area contributed by atoms with Gasteiger partial charge in [-0.1, -0.05) is 39.5 Å². The largest absolute Gasteiger partial charge is 0.454 e. The normalized spacial score (nSPS) is 16.7. The molecule has 2 aliphatic heterocycles. The molecule has 2 aliphatic rings. The summed E-state index contributed by atoms with van der Waals surface area (Å²) >= 11 is 0. The van der Waals surface area contributed by atoms with Gasteiger partial charge >= 0.3 is 0 Å². The molecule has 1 aromatic carbocycles. The average molecular weight is 417 g/mol. The number of carbonyl (C=O) groups excluding carboxylic acids is 2. The van der Waals surface area contributed by atoms with Crippen molar-refractivity contribution >= 4 is 17.8 Å². The van der Waals surface area contributed by atoms with E-state index in [1.807, 2.05) is 0 Å². The van der Waals surface area contributed by atoms with Crippen molar-refractivity contribution in [2.75, 3.05) is 19.9 Å². The van der Waals surface area contributed by atoms with E-state index >= 15 is 0 Å². The van der Waals surface area contributed by atoms with Crippen LogP contribution < -0.4 is 20.1 Å². The van der Waals surface area contributed by atoms with Crippen LogP contribution in [0.3, 0.4) is 0 Å². The van der Waals surface area contributed by atoms with Gasteiger partial charge in [0.25, 0.3) is 11.8 Å². The van der Waals surface area contributed by atoms with E-state index in [0.717, 1.165) is 38.5 Å². The Hall–Kier alpha value is -2.77. The zero-order valence-corrected chi connectivity index (χ0v) is 17.9. The quantitative estimate of drug-likeness (QED) is 0.481. The summed E-state index contributed by atoms with van der Waals surface area (Å²) in [5.41, 5.74) is -0.136. The second-order valence-electron chi connectivity index (χ2n) is 7.90. The summed E-state index contributed by atoms with van der Waals surface area (Å²) in [6.07, 6.45) is 6.02. The lowest BCUT2D eigenvalue weighted by Gasteiger charge is -2.27. The summed E-state index contributed by atoms with van der Waals surface area (Å²) in [6.45, 7) is 5.22. The van der Waals surface area contributed by atoms with E-state index in [1.54, 1.807) is 18.2 Å². The van der Waals surface area contributed by atoms with E-state index in [0.29, 0.717) is 36.6 Å². The first-order valence-electron chi connectivity index (χ1n) is 10.9. The first-order valence-corrected chi connectivity index (χ1v) is 10.9. The minimum atomic E-state index is -0.640. The zero-order chi connectivity index (χ0) is 21.6. The van der Waals surface area contributed by atoms with Gasteiger partial charge in [-0.25, -0.2) is 0 Å². The lowest BCUT2D eigenvalue weighted by molar-refractivity contribution is -0.131. The van der Waals surface area contributed by atoms with Crippen LogP contribution in [0.2, 0.25) is 0 Å². The first kappa shape index (κ1) is 21.9. The second-order valence-corrected chi connectivity index (χ2v) is 7.90. The molecule has 1 aromatic rings. The summed E-state index contributed by atoms with van der Waals surface area (Å²) < 4.78 is 10.6. The molecule has 2 amide bonds. The van der Waals surface area contributed by atoms with Crippen LogP contribution in [0, 0.1) is 5.41 Å². The molecule has 0 aliphatic carbocycles. The number of nitrogens with zero attached hydrogens (tertiary/aromatic N) is 1. The summed E-state index contributed by atoms with van der Waals surface area (Å²) in [5.74, 6) is 1.18. The molecule has 164 valence electrons. The smallest absolute Gasteiger partial charge is 0.255 e. The Balaban J connectivity index is 1.50. The number of amides is 2. The predicted octanol–water partition coefficient (Wildman–Crippen LogP) is 3.02. The highest BCUT2D eigenvalue weighted by molar-refractivity contribution is 6.07. The number of ether oxygens (including phenoxy) is 2. The van der Waals surface area contributed by atoms with Crippen LogP contribution in [0.25, 0.3) is 0 Å². The topological polar surface area (TPSA) is 104 Å². The van der Waals surface area contributed by atoms with Crippen LogP contribution in [0.4, 0.5) is 0 Å². The van der Waals surface area contributed by atoms with Crippen molar-refractivity contribution < 1.29 is 19.1 Å². The molecule has 8 heteroatoms. The predicted molar refractivity (Wildman–Crippen MR) is 114 cm³/mol. The van der Waals surface area contributed by atoms with Gasteiger partial charge in [0.1, 0.15) is 5.54 Å². The number of carbonyl (C=O) groups is 2. The van der Waals surface area contributed by atoms with Crippen LogP contribution in [0.5, 0.6) is 11.5 Å². The molecule has 0 aromatic heterocycles. The van der Waals surface area contributed by atoms with Gasteiger partial charge in [0.15, 0.2) is 17.5 Å². The maximum atomic E-state index is 13.1. The lowest BCUT2D eigenvalue weighted by atomic mass is 9.87. The van der Waals surface area contributed by atoms with Crippen molar-refractivity contribution in [3.63, 3.8) is 0 Å². The molecule has 0 saturated carbocycles. The number of guanidine groups is 1. The molecule has 0 spiro atoms. The fraction of sp³-hybridized carbons (Fsp3) is 0.591. The molecule has 3 rings (SSSR count). The van der Waals surface area contributed by atoms with Crippen LogP contribution in [0.15, 0.2) is 18.2 Å². The Bertz CT molecular complexity index is 787.